The first-order chi connectivity index (χ1) is 10.6. The summed E-state index contributed by atoms with van der Waals surface area (Å²) in [6.45, 7) is 9.30. The Labute approximate surface area is 138 Å². The Kier molecular flexibility index (Phi) is 5.06. The lowest BCUT2D eigenvalue weighted by atomic mass is 9.88. The lowest BCUT2D eigenvalue weighted by Crippen LogP contribution is -2.53. The van der Waals surface area contributed by atoms with Crippen molar-refractivity contribution >= 4 is 5.97 Å². The number of nitrogens with two attached hydrogens (primary N) is 1. The zero-order chi connectivity index (χ0) is 17.3. The number of methoxy groups -OCH3 is 1. The van der Waals surface area contributed by atoms with Gasteiger partial charge in [0.1, 0.15) is 16.9 Å². The molecule has 6 nitrogen and oxygen atoms in total. The molecule has 0 bridgehead atoms. The summed E-state index contributed by atoms with van der Waals surface area (Å²) in [6, 6.07) is 0. The fourth-order valence-electron chi connectivity index (χ4n) is 2.79. The van der Waals surface area contributed by atoms with Gasteiger partial charge in [-0.3, -0.25) is 0 Å². The fraction of sp³-hybridized carbons (Fsp3) is 0.706. The van der Waals surface area contributed by atoms with Gasteiger partial charge in [-0.05, 0) is 40.0 Å². The van der Waals surface area contributed by atoms with Crippen LogP contribution in [-0.2, 0) is 14.3 Å². The SMILES string of the molecule is COC1=C(N2CCN(C)CC2)CC(N)(C(=O)OC(C)(C)C)C=C1. The molecule has 6 heteroatoms. The van der Waals surface area contributed by atoms with E-state index >= 15 is 0 Å². The van der Waals surface area contributed by atoms with Gasteiger partial charge in [-0.15, -0.1) is 0 Å². The summed E-state index contributed by atoms with van der Waals surface area (Å²) in [7, 11) is 3.75. The molecule has 0 aromatic carbocycles. The van der Waals surface area contributed by atoms with E-state index in [-0.39, 0.29) is 0 Å². The topological polar surface area (TPSA) is 68.0 Å². The van der Waals surface area contributed by atoms with Crippen molar-refractivity contribution in [2.45, 2.75) is 38.3 Å². The maximum absolute atomic E-state index is 12.5. The zero-order valence-electron chi connectivity index (χ0n) is 14.9. The minimum Gasteiger partial charge on any atom is -0.495 e. The van der Waals surface area contributed by atoms with Gasteiger partial charge in [0.05, 0.1) is 12.8 Å². The molecule has 2 rings (SSSR count). The van der Waals surface area contributed by atoms with Gasteiger partial charge in [0.25, 0.3) is 0 Å². The van der Waals surface area contributed by atoms with Crippen LogP contribution < -0.4 is 5.73 Å². The van der Waals surface area contributed by atoms with Crippen LogP contribution in [0.25, 0.3) is 0 Å². The summed E-state index contributed by atoms with van der Waals surface area (Å²) in [5.74, 6) is 0.377. The van der Waals surface area contributed by atoms with Crippen LogP contribution in [0.4, 0.5) is 0 Å². The summed E-state index contributed by atoms with van der Waals surface area (Å²) in [6.07, 6.45) is 3.88. The molecule has 2 N–H and O–H groups in total. The lowest BCUT2D eigenvalue weighted by molar-refractivity contribution is -0.159. The Hall–Kier alpha value is -1.53. The number of allylic oxidation sites excluding steroid dienone is 1. The molecule has 1 aliphatic carbocycles. The van der Waals surface area contributed by atoms with Crippen molar-refractivity contribution in [3.05, 3.63) is 23.6 Å². The summed E-state index contributed by atoms with van der Waals surface area (Å²) >= 11 is 0. The van der Waals surface area contributed by atoms with Gasteiger partial charge in [0.2, 0.25) is 0 Å². The number of hydrogen-bond donors (Lipinski definition) is 1. The number of likely N-dealkylation sites (N-methyl/N-ethyl adjacent to an activating group) is 1. The molecule has 1 heterocycles. The van der Waals surface area contributed by atoms with Gasteiger partial charge in [-0.2, -0.15) is 0 Å². The summed E-state index contributed by atoms with van der Waals surface area (Å²) in [4.78, 5) is 17.1. The third-order valence-electron chi connectivity index (χ3n) is 4.16. The van der Waals surface area contributed by atoms with E-state index in [1.54, 1.807) is 19.3 Å². The summed E-state index contributed by atoms with van der Waals surface area (Å²) < 4.78 is 11.0. The average Bonchev–Trinajstić information content (AvgIpc) is 2.46. The number of rotatable bonds is 3. The van der Waals surface area contributed by atoms with E-state index < -0.39 is 17.1 Å². The molecule has 130 valence electrons. The van der Waals surface area contributed by atoms with Crippen LogP contribution >= 0.6 is 0 Å². The van der Waals surface area contributed by atoms with Gasteiger partial charge in [0.15, 0.2) is 0 Å². The van der Waals surface area contributed by atoms with Crippen LogP contribution in [0.3, 0.4) is 0 Å². The highest BCUT2D eigenvalue weighted by Gasteiger charge is 2.40. The third-order valence-corrected chi connectivity index (χ3v) is 4.16. The van der Waals surface area contributed by atoms with Crippen molar-refractivity contribution in [2.24, 2.45) is 5.73 Å². The smallest absolute Gasteiger partial charge is 0.331 e. The minimum atomic E-state index is -1.14. The molecule has 1 saturated heterocycles. The third kappa shape index (κ3) is 4.26. The number of piperazine rings is 1. The molecular formula is C17H29N3O3. The number of carbonyl (C=O) groups is 1. The van der Waals surface area contributed by atoms with E-state index in [0.717, 1.165) is 37.6 Å². The molecule has 1 aliphatic heterocycles. The number of esters is 1. The molecule has 0 radical (unpaired) electrons. The Morgan fingerprint density at radius 3 is 2.39 bits per heavy atom. The Morgan fingerprint density at radius 1 is 1.26 bits per heavy atom. The second-order valence-corrected chi connectivity index (χ2v) is 7.36. The summed E-state index contributed by atoms with van der Waals surface area (Å²) in [5.41, 5.74) is 5.64. The second-order valence-electron chi connectivity index (χ2n) is 7.36. The van der Waals surface area contributed by atoms with Gasteiger partial charge in [-0.25, -0.2) is 4.79 Å². The molecule has 1 atom stereocenters. The van der Waals surface area contributed by atoms with Gasteiger partial charge in [0, 0.05) is 32.6 Å². The van der Waals surface area contributed by atoms with Crippen molar-refractivity contribution in [2.75, 3.05) is 40.3 Å². The number of hydrogen-bond acceptors (Lipinski definition) is 6. The Morgan fingerprint density at radius 2 is 1.87 bits per heavy atom. The van der Waals surface area contributed by atoms with E-state index in [1.165, 1.54) is 0 Å². The standard InChI is InChI=1S/C17H29N3O3/c1-16(2,3)23-15(21)17(18)7-6-14(22-5)13(12-17)20-10-8-19(4)9-11-20/h6-7H,8-12,18H2,1-5H3. The predicted molar refractivity (Wildman–Crippen MR) is 89.6 cm³/mol. The van der Waals surface area contributed by atoms with Crippen molar-refractivity contribution in [1.29, 1.82) is 0 Å². The number of nitrogens with zero attached hydrogens (tertiary/aromatic N) is 2. The molecule has 2 aliphatic rings. The van der Waals surface area contributed by atoms with E-state index in [9.17, 15) is 4.79 Å². The maximum atomic E-state index is 12.5. The van der Waals surface area contributed by atoms with Gasteiger partial charge >= 0.3 is 5.97 Å². The maximum Gasteiger partial charge on any atom is 0.331 e. The van der Waals surface area contributed by atoms with Crippen LogP contribution in [0.15, 0.2) is 23.6 Å². The highest BCUT2D eigenvalue weighted by molar-refractivity contribution is 5.84. The van der Waals surface area contributed by atoms with Gasteiger partial charge in [-0.1, -0.05) is 0 Å². The van der Waals surface area contributed by atoms with Crippen LogP contribution in [0.2, 0.25) is 0 Å². The van der Waals surface area contributed by atoms with Crippen molar-refractivity contribution in [3.8, 4) is 0 Å². The largest absolute Gasteiger partial charge is 0.495 e. The van der Waals surface area contributed by atoms with Crippen molar-refractivity contribution in [3.63, 3.8) is 0 Å². The second kappa shape index (κ2) is 6.53. The lowest BCUT2D eigenvalue weighted by Gasteiger charge is -2.40. The van der Waals surface area contributed by atoms with E-state index in [0.29, 0.717) is 6.42 Å². The van der Waals surface area contributed by atoms with E-state index in [4.69, 9.17) is 15.2 Å². The quantitative estimate of drug-likeness (QED) is 0.784. The fourth-order valence-corrected chi connectivity index (χ4v) is 2.79. The molecule has 0 aromatic rings. The van der Waals surface area contributed by atoms with Crippen LogP contribution in [0, 0.1) is 0 Å². The summed E-state index contributed by atoms with van der Waals surface area (Å²) in [5, 5.41) is 0. The van der Waals surface area contributed by atoms with Gasteiger partial charge < -0.3 is 25.0 Å². The highest BCUT2D eigenvalue weighted by atomic mass is 16.6. The van der Waals surface area contributed by atoms with E-state index in [1.807, 2.05) is 20.8 Å². The van der Waals surface area contributed by atoms with Crippen LogP contribution in [-0.4, -0.2) is 67.2 Å². The Balaban J connectivity index is 2.19. The molecule has 0 amide bonds. The first-order valence-electron chi connectivity index (χ1n) is 8.07. The highest BCUT2D eigenvalue weighted by Crippen LogP contribution is 2.31. The van der Waals surface area contributed by atoms with Crippen molar-refractivity contribution < 1.29 is 14.3 Å². The average molecular weight is 323 g/mol. The molecule has 0 spiro atoms. The molecule has 1 unspecified atom stereocenters. The van der Waals surface area contributed by atoms with Crippen LogP contribution in [0.1, 0.15) is 27.2 Å². The first kappa shape index (κ1) is 17.8. The molecule has 1 fully saturated rings. The minimum absolute atomic E-state index is 0.394. The zero-order valence-corrected chi connectivity index (χ0v) is 14.9. The molecule has 0 saturated carbocycles. The normalized spacial score (nSPS) is 26.4. The van der Waals surface area contributed by atoms with Crippen LogP contribution in [0.5, 0.6) is 0 Å². The number of ether oxygens (including phenoxy) is 2. The molecular weight excluding hydrogens is 294 g/mol. The Bertz CT molecular complexity index is 514. The molecule has 0 aromatic heterocycles. The number of carbonyl (C=O) groups excluding carboxylic acids is 1. The van der Waals surface area contributed by atoms with Crippen molar-refractivity contribution in [1.82, 2.24) is 9.80 Å². The first-order valence-corrected chi connectivity index (χ1v) is 8.07. The predicted octanol–water partition coefficient (Wildman–Crippen LogP) is 1.09. The molecule has 23 heavy (non-hydrogen) atoms. The monoisotopic (exact) mass is 323 g/mol. The van der Waals surface area contributed by atoms with E-state index in [2.05, 4.69) is 16.8 Å².